The van der Waals surface area contributed by atoms with E-state index >= 15 is 0 Å². The molecule has 0 radical (unpaired) electrons. The van der Waals surface area contributed by atoms with Crippen molar-refractivity contribution in [3.63, 3.8) is 0 Å². The molecule has 5 rings (SSSR count). The van der Waals surface area contributed by atoms with E-state index in [0.717, 1.165) is 26.1 Å². The van der Waals surface area contributed by atoms with Crippen LogP contribution in [0.4, 0.5) is 5.69 Å². The number of likely N-dealkylation sites (tertiary alicyclic amines) is 1. The molecule has 0 spiro atoms. The summed E-state index contributed by atoms with van der Waals surface area (Å²) in [5.74, 6) is 1.26. The molecule has 1 N–H and O–H groups in total. The first-order chi connectivity index (χ1) is 15.2. The number of nitrogens with one attached hydrogen (secondary N) is 1. The van der Waals surface area contributed by atoms with Crippen molar-refractivity contribution in [3.05, 3.63) is 53.1 Å². The summed E-state index contributed by atoms with van der Waals surface area (Å²) in [5.41, 5.74) is 4.68. The molecule has 6 heteroatoms. The molecule has 1 saturated heterocycles. The topological polar surface area (TPSA) is 54.0 Å². The fourth-order valence-electron chi connectivity index (χ4n) is 5.03. The van der Waals surface area contributed by atoms with E-state index in [9.17, 15) is 4.79 Å². The Bertz CT molecular complexity index is 955. The van der Waals surface area contributed by atoms with Crippen LogP contribution in [-0.2, 0) is 6.42 Å². The van der Waals surface area contributed by atoms with Crippen LogP contribution in [0.25, 0.3) is 0 Å². The lowest BCUT2D eigenvalue weighted by molar-refractivity contribution is 0.0924. The number of carbonyl (C=O) groups is 1. The Kier molecular flexibility index (Phi) is 5.72. The molecule has 3 aliphatic rings. The maximum Gasteiger partial charge on any atom is 0.251 e. The van der Waals surface area contributed by atoms with Crippen molar-refractivity contribution in [3.8, 4) is 11.5 Å². The first-order valence-electron chi connectivity index (χ1n) is 11.4. The number of nitrogens with zero attached hydrogens (tertiary/aromatic N) is 2. The van der Waals surface area contributed by atoms with Gasteiger partial charge >= 0.3 is 0 Å². The smallest absolute Gasteiger partial charge is 0.251 e. The minimum absolute atomic E-state index is 0.0713. The number of aryl methyl sites for hydroxylation is 1. The lowest BCUT2D eigenvalue weighted by Gasteiger charge is -2.36. The van der Waals surface area contributed by atoms with Gasteiger partial charge in [-0.15, -0.1) is 0 Å². The molecule has 0 aromatic heterocycles. The van der Waals surface area contributed by atoms with E-state index in [1.165, 1.54) is 42.5 Å². The monoisotopic (exact) mass is 421 g/mol. The second kappa shape index (κ2) is 8.79. The molecule has 0 unspecified atom stereocenters. The molecule has 1 fully saturated rings. The number of carbonyl (C=O) groups excluding carboxylic acids is 1. The Morgan fingerprint density at radius 1 is 1.00 bits per heavy atom. The Morgan fingerprint density at radius 2 is 1.84 bits per heavy atom. The summed E-state index contributed by atoms with van der Waals surface area (Å²) >= 11 is 0. The van der Waals surface area contributed by atoms with Gasteiger partial charge in [-0.25, -0.2) is 0 Å². The Balaban J connectivity index is 1.35. The highest BCUT2D eigenvalue weighted by Gasteiger charge is 2.25. The number of piperidine rings is 1. The van der Waals surface area contributed by atoms with Gasteiger partial charge in [-0.05, 0) is 74.2 Å². The second-order valence-electron chi connectivity index (χ2n) is 8.80. The third-order valence-electron chi connectivity index (χ3n) is 6.76. The van der Waals surface area contributed by atoms with Gasteiger partial charge in [0.05, 0.1) is 6.04 Å². The molecule has 1 atom stereocenters. The minimum Gasteiger partial charge on any atom is -0.454 e. The standard InChI is InChI=1S/C25H31N3O3/c1-27-11-5-6-18-14-19(7-9-21(18)27)22(28-12-3-2-4-13-28)16-26-25(29)20-8-10-23-24(15-20)31-17-30-23/h7-10,14-15,22H,2-6,11-13,16-17H2,1H3,(H,26,29)/t22-/m1/s1. The van der Waals surface area contributed by atoms with Crippen LogP contribution in [0.15, 0.2) is 36.4 Å². The summed E-state index contributed by atoms with van der Waals surface area (Å²) in [7, 11) is 2.17. The lowest BCUT2D eigenvalue weighted by Crippen LogP contribution is -2.40. The zero-order valence-electron chi connectivity index (χ0n) is 18.2. The SMILES string of the molecule is CN1CCCc2cc([C@@H](CNC(=O)c3ccc4c(c3)OCO4)N3CCCCC3)ccc21. The first kappa shape index (κ1) is 20.2. The van der Waals surface area contributed by atoms with Gasteiger partial charge in [-0.1, -0.05) is 18.6 Å². The van der Waals surface area contributed by atoms with Gasteiger partial charge < -0.3 is 19.7 Å². The van der Waals surface area contributed by atoms with Crippen molar-refractivity contribution in [2.45, 2.75) is 38.1 Å². The number of amides is 1. The van der Waals surface area contributed by atoms with Gasteiger partial charge in [-0.2, -0.15) is 0 Å². The predicted octanol–water partition coefficient (Wildman–Crippen LogP) is 3.75. The number of hydrogen-bond donors (Lipinski definition) is 1. The highest BCUT2D eigenvalue weighted by Crippen LogP contribution is 2.33. The normalized spacial score (nSPS) is 19.1. The van der Waals surface area contributed by atoms with Crippen molar-refractivity contribution in [2.75, 3.05) is 44.9 Å². The summed E-state index contributed by atoms with van der Waals surface area (Å²) in [6, 6.07) is 12.5. The van der Waals surface area contributed by atoms with Gasteiger partial charge in [0.2, 0.25) is 6.79 Å². The highest BCUT2D eigenvalue weighted by molar-refractivity contribution is 5.95. The van der Waals surface area contributed by atoms with Crippen molar-refractivity contribution >= 4 is 11.6 Å². The Morgan fingerprint density at radius 3 is 2.71 bits per heavy atom. The second-order valence-corrected chi connectivity index (χ2v) is 8.80. The van der Waals surface area contributed by atoms with Crippen LogP contribution in [0.5, 0.6) is 11.5 Å². The molecule has 31 heavy (non-hydrogen) atoms. The molecule has 164 valence electrons. The molecule has 3 aliphatic heterocycles. The molecule has 6 nitrogen and oxygen atoms in total. The molecular weight excluding hydrogens is 390 g/mol. The summed E-state index contributed by atoms with van der Waals surface area (Å²) in [6.07, 6.45) is 6.06. The number of rotatable bonds is 5. The fraction of sp³-hybridized carbons (Fsp3) is 0.480. The molecule has 1 amide bonds. The van der Waals surface area contributed by atoms with Crippen molar-refractivity contribution in [2.24, 2.45) is 0 Å². The number of fused-ring (bicyclic) bond motifs is 2. The number of benzene rings is 2. The van der Waals surface area contributed by atoms with Crippen LogP contribution < -0.4 is 19.7 Å². The Labute approximate surface area is 184 Å². The fourth-order valence-corrected chi connectivity index (χ4v) is 5.03. The maximum absolute atomic E-state index is 12.9. The van der Waals surface area contributed by atoms with Crippen molar-refractivity contribution in [1.29, 1.82) is 0 Å². The number of hydrogen-bond acceptors (Lipinski definition) is 5. The van der Waals surface area contributed by atoms with Gasteiger partial charge in [0.15, 0.2) is 11.5 Å². The molecular formula is C25H31N3O3. The van der Waals surface area contributed by atoms with Gasteiger partial charge in [-0.3, -0.25) is 9.69 Å². The molecule has 0 saturated carbocycles. The van der Waals surface area contributed by atoms with E-state index in [4.69, 9.17) is 9.47 Å². The third-order valence-corrected chi connectivity index (χ3v) is 6.76. The minimum atomic E-state index is -0.0713. The van der Waals surface area contributed by atoms with Crippen LogP contribution in [0, 0.1) is 0 Å². The summed E-state index contributed by atoms with van der Waals surface area (Å²) in [6.45, 7) is 4.10. The zero-order valence-corrected chi connectivity index (χ0v) is 18.2. The highest BCUT2D eigenvalue weighted by atomic mass is 16.7. The molecule has 0 aliphatic carbocycles. The van der Waals surface area contributed by atoms with E-state index in [1.807, 2.05) is 0 Å². The van der Waals surface area contributed by atoms with Gasteiger partial charge in [0.1, 0.15) is 0 Å². The van der Waals surface area contributed by atoms with Crippen LogP contribution in [0.3, 0.4) is 0 Å². The van der Waals surface area contributed by atoms with E-state index < -0.39 is 0 Å². The molecule has 0 bridgehead atoms. The van der Waals surface area contributed by atoms with Crippen LogP contribution in [0.2, 0.25) is 0 Å². The van der Waals surface area contributed by atoms with E-state index in [-0.39, 0.29) is 18.7 Å². The van der Waals surface area contributed by atoms with E-state index in [1.54, 1.807) is 18.2 Å². The molecule has 2 aromatic rings. The zero-order chi connectivity index (χ0) is 21.2. The predicted molar refractivity (Wildman–Crippen MR) is 121 cm³/mol. The summed E-state index contributed by atoms with van der Waals surface area (Å²) in [4.78, 5) is 17.8. The number of ether oxygens (including phenoxy) is 2. The van der Waals surface area contributed by atoms with Crippen molar-refractivity contribution < 1.29 is 14.3 Å². The largest absolute Gasteiger partial charge is 0.454 e. The van der Waals surface area contributed by atoms with E-state index in [0.29, 0.717) is 23.6 Å². The van der Waals surface area contributed by atoms with Gasteiger partial charge in [0, 0.05) is 31.4 Å². The van der Waals surface area contributed by atoms with Crippen LogP contribution >= 0.6 is 0 Å². The van der Waals surface area contributed by atoms with Crippen LogP contribution in [0.1, 0.15) is 53.2 Å². The Hall–Kier alpha value is -2.73. The maximum atomic E-state index is 12.9. The van der Waals surface area contributed by atoms with Crippen molar-refractivity contribution in [1.82, 2.24) is 10.2 Å². The number of anilines is 1. The average Bonchev–Trinajstić information content (AvgIpc) is 3.28. The van der Waals surface area contributed by atoms with Gasteiger partial charge in [0.25, 0.3) is 5.91 Å². The third kappa shape index (κ3) is 4.22. The average molecular weight is 422 g/mol. The summed E-state index contributed by atoms with van der Waals surface area (Å²) in [5, 5.41) is 3.19. The molecule has 3 heterocycles. The quantitative estimate of drug-likeness (QED) is 0.797. The van der Waals surface area contributed by atoms with Crippen LogP contribution in [-0.4, -0.2) is 50.8 Å². The lowest BCUT2D eigenvalue weighted by atomic mass is 9.95. The first-order valence-corrected chi connectivity index (χ1v) is 11.4. The summed E-state index contributed by atoms with van der Waals surface area (Å²) < 4.78 is 10.8. The molecule has 2 aromatic carbocycles. The van der Waals surface area contributed by atoms with E-state index in [2.05, 4.69) is 40.4 Å².